The lowest BCUT2D eigenvalue weighted by Crippen LogP contribution is -2.41. The van der Waals surface area contributed by atoms with Gasteiger partial charge < -0.3 is 14.8 Å². The second kappa shape index (κ2) is 11.4. The molecule has 1 aliphatic carbocycles. The summed E-state index contributed by atoms with van der Waals surface area (Å²) >= 11 is 0. The van der Waals surface area contributed by atoms with Crippen molar-refractivity contribution in [1.29, 1.82) is 0 Å². The molecule has 0 spiro atoms. The summed E-state index contributed by atoms with van der Waals surface area (Å²) in [6.45, 7) is 7.87. The molecule has 0 bridgehead atoms. The summed E-state index contributed by atoms with van der Waals surface area (Å²) in [5, 5.41) is 14.5. The van der Waals surface area contributed by atoms with E-state index in [1.165, 1.54) is 0 Å². The Morgan fingerprint density at radius 2 is 1.76 bits per heavy atom. The monoisotopic (exact) mass is 553 g/mol. The van der Waals surface area contributed by atoms with Crippen molar-refractivity contribution in [3.05, 3.63) is 96.2 Å². The number of anilines is 1. The molecule has 212 valence electrons. The standard InChI is InChI=1S/C32H35N5O4/c1-5-32(34-30(39)41-31(2,3)4)19-27(32)23-14-16-26(17-15-23)37-20-28(35-36-37)24-12-9-13-25(18-24)33-29(38)40-21-22-10-7-6-8-11-22/h6-18,20,27H,5,19,21H2,1-4H3,(H,33,38)(H,34,39)/t27-,32+/m0/s1. The molecular weight excluding hydrogens is 518 g/mol. The predicted octanol–water partition coefficient (Wildman–Crippen LogP) is 6.84. The number of carbonyl (C=O) groups is 2. The van der Waals surface area contributed by atoms with E-state index in [0.29, 0.717) is 11.4 Å². The van der Waals surface area contributed by atoms with Gasteiger partial charge in [-0.3, -0.25) is 5.32 Å². The van der Waals surface area contributed by atoms with Gasteiger partial charge in [-0.25, -0.2) is 14.3 Å². The number of amides is 2. The molecule has 1 heterocycles. The van der Waals surface area contributed by atoms with Gasteiger partial charge in [-0.2, -0.15) is 0 Å². The highest BCUT2D eigenvalue weighted by atomic mass is 16.6. The Hall–Kier alpha value is -4.66. The highest BCUT2D eigenvalue weighted by Gasteiger charge is 2.55. The molecule has 0 aliphatic heterocycles. The zero-order valence-electron chi connectivity index (χ0n) is 23.8. The summed E-state index contributed by atoms with van der Waals surface area (Å²) in [6.07, 6.45) is 2.64. The maximum atomic E-state index is 12.4. The van der Waals surface area contributed by atoms with E-state index in [1.807, 2.05) is 87.6 Å². The Kier molecular flexibility index (Phi) is 7.79. The maximum absolute atomic E-state index is 12.4. The van der Waals surface area contributed by atoms with Crippen LogP contribution in [0.3, 0.4) is 0 Å². The van der Waals surface area contributed by atoms with Crippen LogP contribution in [0.15, 0.2) is 85.1 Å². The van der Waals surface area contributed by atoms with Gasteiger partial charge in [0.15, 0.2) is 0 Å². The van der Waals surface area contributed by atoms with Crippen LogP contribution in [-0.2, 0) is 16.1 Å². The van der Waals surface area contributed by atoms with Gasteiger partial charge in [0.2, 0.25) is 0 Å². The minimum Gasteiger partial charge on any atom is -0.444 e. The number of aromatic nitrogens is 3. The van der Waals surface area contributed by atoms with Crippen LogP contribution in [0.1, 0.15) is 57.6 Å². The second-order valence-corrected chi connectivity index (χ2v) is 11.3. The third-order valence-corrected chi connectivity index (χ3v) is 7.13. The van der Waals surface area contributed by atoms with Crippen molar-refractivity contribution >= 4 is 17.9 Å². The van der Waals surface area contributed by atoms with Gasteiger partial charge >= 0.3 is 12.2 Å². The van der Waals surface area contributed by atoms with E-state index in [9.17, 15) is 9.59 Å². The molecule has 2 N–H and O–H groups in total. The molecule has 1 aliphatic rings. The molecule has 4 aromatic rings. The molecule has 9 nitrogen and oxygen atoms in total. The summed E-state index contributed by atoms with van der Waals surface area (Å²) < 4.78 is 12.5. The number of carbonyl (C=O) groups excluding carboxylic acids is 2. The Balaban J connectivity index is 1.20. The van der Waals surface area contributed by atoms with Crippen molar-refractivity contribution < 1.29 is 19.1 Å². The van der Waals surface area contributed by atoms with E-state index in [1.54, 1.807) is 10.7 Å². The molecule has 2 atom stereocenters. The smallest absolute Gasteiger partial charge is 0.411 e. The molecule has 3 aromatic carbocycles. The van der Waals surface area contributed by atoms with Crippen LogP contribution in [0.4, 0.5) is 15.3 Å². The van der Waals surface area contributed by atoms with Crippen LogP contribution >= 0.6 is 0 Å². The highest BCUT2D eigenvalue weighted by Crippen LogP contribution is 2.53. The second-order valence-electron chi connectivity index (χ2n) is 11.3. The molecular formula is C32H35N5O4. The minimum atomic E-state index is -0.534. The van der Waals surface area contributed by atoms with Gasteiger partial charge in [-0.1, -0.05) is 66.7 Å². The average Bonchev–Trinajstić information content (AvgIpc) is 3.43. The molecule has 9 heteroatoms. The van der Waals surface area contributed by atoms with E-state index in [-0.39, 0.29) is 24.2 Å². The zero-order chi connectivity index (χ0) is 29.0. The first-order valence-electron chi connectivity index (χ1n) is 13.8. The number of rotatable bonds is 8. The SMILES string of the molecule is CC[C@@]1(NC(=O)OC(C)(C)C)C[C@H]1c1ccc(-n2cc(-c3cccc(NC(=O)OCc4ccccc4)c3)nn2)cc1. The number of hydrogen-bond acceptors (Lipinski definition) is 6. The normalized spacial score (nSPS) is 17.9. The largest absolute Gasteiger partial charge is 0.444 e. The van der Waals surface area contributed by atoms with E-state index in [2.05, 4.69) is 40.0 Å². The highest BCUT2D eigenvalue weighted by molar-refractivity contribution is 5.85. The molecule has 0 saturated heterocycles. The van der Waals surface area contributed by atoms with Gasteiger partial charge in [0.1, 0.15) is 17.9 Å². The summed E-state index contributed by atoms with van der Waals surface area (Å²) in [7, 11) is 0. The van der Waals surface area contributed by atoms with Gasteiger partial charge in [-0.15, -0.1) is 5.10 Å². The van der Waals surface area contributed by atoms with Crippen molar-refractivity contribution in [2.75, 3.05) is 5.32 Å². The number of ether oxygens (including phenoxy) is 2. The molecule has 0 radical (unpaired) electrons. The van der Waals surface area contributed by atoms with E-state index in [4.69, 9.17) is 9.47 Å². The number of alkyl carbamates (subject to hydrolysis) is 1. The number of nitrogens with one attached hydrogen (secondary N) is 2. The van der Waals surface area contributed by atoms with Crippen molar-refractivity contribution in [2.45, 2.75) is 64.2 Å². The first-order valence-corrected chi connectivity index (χ1v) is 13.8. The zero-order valence-corrected chi connectivity index (χ0v) is 23.8. The van der Waals surface area contributed by atoms with Crippen LogP contribution in [0.2, 0.25) is 0 Å². The van der Waals surface area contributed by atoms with Crippen molar-refractivity contribution in [1.82, 2.24) is 20.3 Å². The van der Waals surface area contributed by atoms with Crippen molar-refractivity contribution in [3.63, 3.8) is 0 Å². The van der Waals surface area contributed by atoms with Crippen molar-refractivity contribution in [3.8, 4) is 16.9 Å². The van der Waals surface area contributed by atoms with Crippen LogP contribution in [-0.4, -0.2) is 38.3 Å². The molecule has 1 aromatic heterocycles. The topological polar surface area (TPSA) is 107 Å². The number of benzene rings is 3. The molecule has 5 rings (SSSR count). The minimum absolute atomic E-state index is 0.194. The Morgan fingerprint density at radius 1 is 1.00 bits per heavy atom. The van der Waals surface area contributed by atoms with Gasteiger partial charge in [0.05, 0.1) is 17.4 Å². The third kappa shape index (κ3) is 6.92. The summed E-state index contributed by atoms with van der Waals surface area (Å²) in [5.41, 5.74) is 4.21. The van der Waals surface area contributed by atoms with Crippen molar-refractivity contribution in [2.24, 2.45) is 0 Å². The quantitative estimate of drug-likeness (QED) is 0.247. The van der Waals surface area contributed by atoms with Crippen LogP contribution in [0.25, 0.3) is 16.9 Å². The summed E-state index contributed by atoms with van der Waals surface area (Å²) in [4.78, 5) is 24.7. The summed E-state index contributed by atoms with van der Waals surface area (Å²) in [5.74, 6) is 0.231. The fourth-order valence-corrected chi connectivity index (χ4v) is 4.88. The van der Waals surface area contributed by atoms with E-state index < -0.39 is 11.7 Å². The Labute approximate surface area is 239 Å². The van der Waals surface area contributed by atoms with E-state index >= 15 is 0 Å². The van der Waals surface area contributed by atoms with Gasteiger partial charge in [0, 0.05) is 17.2 Å². The number of hydrogen-bond donors (Lipinski definition) is 2. The maximum Gasteiger partial charge on any atom is 0.411 e. The third-order valence-electron chi connectivity index (χ3n) is 7.13. The van der Waals surface area contributed by atoms with Gasteiger partial charge in [-0.05, 0) is 69.0 Å². The van der Waals surface area contributed by atoms with Gasteiger partial charge in [0.25, 0.3) is 0 Å². The van der Waals surface area contributed by atoms with E-state index in [0.717, 1.165) is 35.2 Å². The first kappa shape index (κ1) is 27.9. The van der Waals surface area contributed by atoms with Crippen LogP contribution in [0.5, 0.6) is 0 Å². The number of nitrogens with zero attached hydrogens (tertiary/aromatic N) is 3. The summed E-state index contributed by atoms with van der Waals surface area (Å²) in [6, 6.07) is 25.0. The molecule has 1 saturated carbocycles. The molecule has 41 heavy (non-hydrogen) atoms. The molecule has 0 unspecified atom stereocenters. The molecule has 1 fully saturated rings. The van der Waals surface area contributed by atoms with Crippen LogP contribution in [0, 0.1) is 0 Å². The fourth-order valence-electron chi connectivity index (χ4n) is 4.88. The lowest BCUT2D eigenvalue weighted by Gasteiger charge is -2.23. The Bertz CT molecular complexity index is 1510. The Morgan fingerprint density at radius 3 is 2.46 bits per heavy atom. The average molecular weight is 554 g/mol. The molecule has 2 amide bonds. The lowest BCUT2D eigenvalue weighted by molar-refractivity contribution is 0.0493. The predicted molar refractivity (Wildman–Crippen MR) is 157 cm³/mol. The van der Waals surface area contributed by atoms with Crippen LogP contribution < -0.4 is 10.6 Å². The first-order chi connectivity index (χ1) is 19.6. The lowest BCUT2D eigenvalue weighted by atomic mass is 10.0. The fraction of sp³-hybridized carbons (Fsp3) is 0.312.